The Kier molecular flexibility index (Phi) is 4.00. The molecule has 1 nitrogen and oxygen atoms in total. The zero-order chi connectivity index (χ0) is 15.0. The van der Waals surface area contributed by atoms with Gasteiger partial charge in [0.15, 0.2) is 0 Å². The Hall–Kier alpha value is -1.24. The molecular weight excluding hydrogens is 284 g/mol. The van der Waals surface area contributed by atoms with Crippen LogP contribution in [0.5, 0.6) is 0 Å². The maximum atomic E-state index is 12.9. The van der Waals surface area contributed by atoms with E-state index in [-0.39, 0.29) is 24.9 Å². The quantitative estimate of drug-likeness (QED) is 0.762. The van der Waals surface area contributed by atoms with Gasteiger partial charge in [0.2, 0.25) is 0 Å². The van der Waals surface area contributed by atoms with Gasteiger partial charge in [0.25, 0.3) is 0 Å². The van der Waals surface area contributed by atoms with Gasteiger partial charge in [-0.05, 0) is 24.5 Å². The molecule has 2 rings (SSSR count). The third kappa shape index (κ3) is 3.26. The van der Waals surface area contributed by atoms with Crippen LogP contribution in [-0.4, -0.2) is 12.7 Å². The minimum atomic E-state index is -4.50. The number of benzene rings is 1. The molecule has 2 unspecified atom stereocenters. The van der Waals surface area contributed by atoms with Crippen LogP contribution in [-0.2, 0) is 6.18 Å². The summed E-state index contributed by atoms with van der Waals surface area (Å²) in [6, 6.07) is 4.31. The molecule has 0 radical (unpaired) electrons. The first-order chi connectivity index (χ1) is 9.19. The minimum Gasteiger partial charge on any atom is -0.309 e. The van der Waals surface area contributed by atoms with Gasteiger partial charge >= 0.3 is 12.4 Å². The van der Waals surface area contributed by atoms with E-state index in [0.29, 0.717) is 0 Å². The molecule has 20 heavy (non-hydrogen) atoms. The molecule has 2 atom stereocenters. The molecule has 1 saturated heterocycles. The molecule has 0 saturated carbocycles. The fourth-order valence-corrected chi connectivity index (χ4v) is 2.46. The Morgan fingerprint density at radius 1 is 0.950 bits per heavy atom. The number of nitrogens with one attached hydrogen (secondary N) is 1. The van der Waals surface area contributed by atoms with E-state index in [0.717, 1.165) is 6.07 Å². The molecule has 0 aliphatic carbocycles. The predicted octanol–water partition coefficient (Wildman–Crippen LogP) is 4.31. The van der Waals surface area contributed by atoms with Crippen molar-refractivity contribution in [1.82, 2.24) is 5.32 Å². The second kappa shape index (κ2) is 5.27. The fraction of sp³-hybridized carbons (Fsp3) is 0.538. The van der Waals surface area contributed by atoms with Crippen molar-refractivity contribution in [3.8, 4) is 0 Å². The summed E-state index contributed by atoms with van der Waals surface area (Å²) in [6.07, 6.45) is -8.93. The van der Waals surface area contributed by atoms with Crippen LogP contribution >= 0.6 is 0 Å². The van der Waals surface area contributed by atoms with Crippen LogP contribution in [0.1, 0.15) is 30.0 Å². The standard InChI is InChI=1S/C13H13F6N/c14-12(15,16)8-5-6-11(20-7-8)9-3-1-2-4-10(9)13(17,18)19/h1-4,8,11,20H,5-7H2. The van der Waals surface area contributed by atoms with Crippen molar-refractivity contribution in [2.45, 2.75) is 31.2 Å². The number of halogens is 6. The van der Waals surface area contributed by atoms with Gasteiger partial charge in [0.1, 0.15) is 0 Å². The van der Waals surface area contributed by atoms with Crippen LogP contribution in [0.15, 0.2) is 24.3 Å². The van der Waals surface area contributed by atoms with Crippen molar-refractivity contribution >= 4 is 0 Å². The summed E-state index contributed by atoms with van der Waals surface area (Å²) in [5.74, 6) is -1.49. The first kappa shape index (κ1) is 15.2. The lowest BCUT2D eigenvalue weighted by Gasteiger charge is -2.32. The molecule has 0 amide bonds. The van der Waals surface area contributed by atoms with E-state index in [1.807, 2.05) is 0 Å². The monoisotopic (exact) mass is 297 g/mol. The highest BCUT2D eigenvalue weighted by molar-refractivity contribution is 5.32. The molecule has 1 heterocycles. The Balaban J connectivity index is 2.16. The predicted molar refractivity (Wildman–Crippen MR) is 61.0 cm³/mol. The summed E-state index contributed by atoms with van der Waals surface area (Å²) in [5, 5.41) is 2.58. The molecule has 1 aromatic carbocycles. The molecule has 0 spiro atoms. The molecule has 7 heteroatoms. The van der Waals surface area contributed by atoms with E-state index >= 15 is 0 Å². The second-order valence-corrected chi connectivity index (χ2v) is 4.86. The largest absolute Gasteiger partial charge is 0.416 e. The van der Waals surface area contributed by atoms with E-state index in [1.54, 1.807) is 0 Å². The van der Waals surface area contributed by atoms with Crippen molar-refractivity contribution in [3.05, 3.63) is 35.4 Å². The van der Waals surface area contributed by atoms with Crippen molar-refractivity contribution in [2.75, 3.05) is 6.54 Å². The normalized spacial score (nSPS) is 24.7. The third-order valence-electron chi connectivity index (χ3n) is 3.52. The van der Waals surface area contributed by atoms with Gasteiger partial charge in [-0.2, -0.15) is 26.3 Å². The first-order valence-electron chi connectivity index (χ1n) is 6.16. The average Bonchev–Trinajstić information content (AvgIpc) is 2.37. The fourth-order valence-electron chi connectivity index (χ4n) is 2.46. The lowest BCUT2D eigenvalue weighted by atomic mass is 9.88. The number of piperidine rings is 1. The lowest BCUT2D eigenvalue weighted by Crippen LogP contribution is -2.40. The van der Waals surface area contributed by atoms with Gasteiger partial charge in [-0.25, -0.2) is 0 Å². The summed E-state index contributed by atoms with van der Waals surface area (Å²) in [5.41, 5.74) is -0.774. The minimum absolute atomic E-state index is 0.0145. The number of hydrogen-bond donors (Lipinski definition) is 1. The zero-order valence-electron chi connectivity index (χ0n) is 10.4. The lowest BCUT2D eigenvalue weighted by molar-refractivity contribution is -0.179. The maximum absolute atomic E-state index is 12.9. The van der Waals surface area contributed by atoms with E-state index in [1.165, 1.54) is 18.2 Å². The van der Waals surface area contributed by atoms with Crippen LogP contribution in [0.4, 0.5) is 26.3 Å². The summed E-state index contributed by atoms with van der Waals surface area (Å²) in [4.78, 5) is 0. The topological polar surface area (TPSA) is 12.0 Å². The molecule has 1 fully saturated rings. The van der Waals surface area contributed by atoms with E-state index < -0.39 is 29.9 Å². The van der Waals surface area contributed by atoms with Gasteiger partial charge in [-0.1, -0.05) is 18.2 Å². The smallest absolute Gasteiger partial charge is 0.309 e. The molecule has 1 aromatic rings. The first-order valence-corrected chi connectivity index (χ1v) is 6.16. The van der Waals surface area contributed by atoms with Gasteiger partial charge < -0.3 is 5.32 Å². The van der Waals surface area contributed by atoms with Crippen LogP contribution in [0.25, 0.3) is 0 Å². The summed E-state index contributed by atoms with van der Waals surface area (Å²) in [6.45, 7) is -0.347. The third-order valence-corrected chi connectivity index (χ3v) is 3.52. The van der Waals surface area contributed by atoms with Crippen molar-refractivity contribution in [1.29, 1.82) is 0 Å². The van der Waals surface area contributed by atoms with Crippen molar-refractivity contribution in [2.24, 2.45) is 5.92 Å². The van der Waals surface area contributed by atoms with Crippen LogP contribution in [0.3, 0.4) is 0 Å². The molecule has 1 aliphatic heterocycles. The second-order valence-electron chi connectivity index (χ2n) is 4.86. The van der Waals surface area contributed by atoms with Gasteiger partial charge in [-0.15, -0.1) is 0 Å². The Labute approximate surface area is 112 Å². The highest BCUT2D eigenvalue weighted by Gasteiger charge is 2.43. The summed E-state index contributed by atoms with van der Waals surface area (Å²) >= 11 is 0. The van der Waals surface area contributed by atoms with E-state index in [4.69, 9.17) is 0 Å². The molecule has 1 N–H and O–H groups in total. The molecular formula is C13H13F6N. The molecule has 1 aliphatic rings. The Morgan fingerprint density at radius 2 is 1.60 bits per heavy atom. The summed E-state index contributed by atoms with van der Waals surface area (Å²) in [7, 11) is 0. The highest BCUT2D eigenvalue weighted by Crippen LogP contribution is 2.39. The van der Waals surface area contributed by atoms with Crippen LogP contribution in [0.2, 0.25) is 0 Å². The van der Waals surface area contributed by atoms with Crippen LogP contribution in [0, 0.1) is 5.92 Å². The van der Waals surface area contributed by atoms with Gasteiger partial charge in [0.05, 0.1) is 11.5 Å². The maximum Gasteiger partial charge on any atom is 0.416 e. The molecule has 0 bridgehead atoms. The number of hydrogen-bond acceptors (Lipinski definition) is 1. The SMILES string of the molecule is FC(F)(F)c1ccccc1C1CCC(C(F)(F)F)CN1. The Morgan fingerprint density at radius 3 is 2.10 bits per heavy atom. The number of alkyl halides is 6. The molecule has 112 valence electrons. The average molecular weight is 297 g/mol. The van der Waals surface area contributed by atoms with Crippen molar-refractivity contribution < 1.29 is 26.3 Å². The van der Waals surface area contributed by atoms with E-state index in [2.05, 4.69) is 5.32 Å². The van der Waals surface area contributed by atoms with Crippen molar-refractivity contribution in [3.63, 3.8) is 0 Å². The van der Waals surface area contributed by atoms with Gasteiger partial charge in [0, 0.05) is 12.6 Å². The van der Waals surface area contributed by atoms with Crippen LogP contribution < -0.4 is 5.32 Å². The number of rotatable bonds is 1. The van der Waals surface area contributed by atoms with E-state index in [9.17, 15) is 26.3 Å². The molecule has 0 aromatic heterocycles. The Bertz CT molecular complexity index is 457. The van der Waals surface area contributed by atoms with Gasteiger partial charge in [-0.3, -0.25) is 0 Å². The summed E-state index contributed by atoms with van der Waals surface area (Å²) < 4.78 is 76.1. The zero-order valence-corrected chi connectivity index (χ0v) is 10.4. The highest BCUT2D eigenvalue weighted by atomic mass is 19.4.